The van der Waals surface area contributed by atoms with Crippen LogP contribution in [0.25, 0.3) is 11.4 Å². The third kappa shape index (κ3) is 7.47. The number of hydrogen-bond donors (Lipinski definition) is 2. The monoisotopic (exact) mass is 429 g/mol. The van der Waals surface area contributed by atoms with E-state index in [1.807, 2.05) is 12.1 Å². The van der Waals surface area contributed by atoms with Crippen molar-refractivity contribution in [3.05, 3.63) is 54.6 Å². The van der Waals surface area contributed by atoms with Gasteiger partial charge in [0.15, 0.2) is 5.82 Å². The SMILES string of the molecule is O=C(CSc1n[nH]c(-c2cccnc2)n1)NCCCCCCOc1cccc(F)c1. The van der Waals surface area contributed by atoms with Crippen molar-refractivity contribution in [1.82, 2.24) is 25.5 Å². The van der Waals surface area contributed by atoms with Crippen LogP contribution in [0.2, 0.25) is 0 Å². The van der Waals surface area contributed by atoms with Gasteiger partial charge in [0.2, 0.25) is 11.1 Å². The Balaban J connectivity index is 1.21. The molecule has 0 aliphatic rings. The summed E-state index contributed by atoms with van der Waals surface area (Å²) >= 11 is 1.29. The van der Waals surface area contributed by atoms with Gasteiger partial charge in [0.25, 0.3) is 0 Å². The highest BCUT2D eigenvalue weighted by molar-refractivity contribution is 7.99. The Kier molecular flexibility index (Phi) is 8.64. The van der Waals surface area contributed by atoms with Crippen molar-refractivity contribution >= 4 is 17.7 Å². The topological polar surface area (TPSA) is 92.8 Å². The molecule has 1 amide bonds. The highest BCUT2D eigenvalue weighted by Gasteiger charge is 2.08. The average molecular weight is 430 g/mol. The fourth-order valence-corrected chi connectivity index (χ4v) is 3.31. The van der Waals surface area contributed by atoms with Crippen molar-refractivity contribution in [2.24, 2.45) is 0 Å². The molecule has 2 heterocycles. The Morgan fingerprint density at radius 3 is 2.90 bits per heavy atom. The van der Waals surface area contributed by atoms with Crippen molar-refractivity contribution in [1.29, 1.82) is 0 Å². The summed E-state index contributed by atoms with van der Waals surface area (Å²) in [7, 11) is 0. The number of pyridine rings is 1. The van der Waals surface area contributed by atoms with Crippen LogP contribution in [0.15, 0.2) is 53.9 Å². The molecule has 3 rings (SSSR count). The van der Waals surface area contributed by atoms with Gasteiger partial charge in [0.05, 0.1) is 12.4 Å². The van der Waals surface area contributed by atoms with Crippen LogP contribution in [0.4, 0.5) is 4.39 Å². The Morgan fingerprint density at radius 1 is 1.17 bits per heavy atom. The molecule has 2 N–H and O–H groups in total. The number of carbonyl (C=O) groups excluding carboxylic acids is 1. The van der Waals surface area contributed by atoms with Crippen LogP contribution >= 0.6 is 11.8 Å². The largest absolute Gasteiger partial charge is 0.493 e. The van der Waals surface area contributed by atoms with Gasteiger partial charge in [-0.15, -0.1) is 5.10 Å². The minimum atomic E-state index is -0.293. The average Bonchev–Trinajstić information content (AvgIpc) is 3.24. The van der Waals surface area contributed by atoms with Crippen LogP contribution in [0.5, 0.6) is 5.75 Å². The molecule has 0 radical (unpaired) electrons. The van der Waals surface area contributed by atoms with Gasteiger partial charge in [0, 0.05) is 30.6 Å². The van der Waals surface area contributed by atoms with Crippen molar-refractivity contribution in [2.45, 2.75) is 30.8 Å². The summed E-state index contributed by atoms with van der Waals surface area (Å²) in [5.74, 6) is 1.12. The summed E-state index contributed by atoms with van der Waals surface area (Å²) in [6, 6.07) is 9.87. The summed E-state index contributed by atoms with van der Waals surface area (Å²) in [5.41, 5.74) is 0.850. The maximum atomic E-state index is 13.0. The second-order valence-corrected chi connectivity index (χ2v) is 7.51. The van der Waals surface area contributed by atoms with Crippen LogP contribution in [0.1, 0.15) is 25.7 Å². The van der Waals surface area contributed by atoms with E-state index in [0.717, 1.165) is 31.2 Å². The summed E-state index contributed by atoms with van der Waals surface area (Å²) in [5, 5.41) is 10.4. The second kappa shape index (κ2) is 11.9. The molecule has 0 aliphatic carbocycles. The molecular weight excluding hydrogens is 405 g/mol. The number of hydrogen-bond acceptors (Lipinski definition) is 6. The first-order chi connectivity index (χ1) is 14.7. The van der Waals surface area contributed by atoms with Crippen LogP contribution in [-0.4, -0.2) is 45.0 Å². The van der Waals surface area contributed by atoms with Gasteiger partial charge < -0.3 is 10.1 Å². The van der Waals surface area contributed by atoms with Crippen LogP contribution in [0.3, 0.4) is 0 Å². The molecular formula is C21H24FN5O2S. The summed E-state index contributed by atoms with van der Waals surface area (Å²) in [6.07, 6.45) is 7.19. The zero-order valence-electron chi connectivity index (χ0n) is 16.5. The summed E-state index contributed by atoms with van der Waals surface area (Å²) in [4.78, 5) is 20.4. The zero-order valence-corrected chi connectivity index (χ0v) is 17.3. The lowest BCUT2D eigenvalue weighted by Gasteiger charge is -2.06. The number of aromatic amines is 1. The van der Waals surface area contributed by atoms with Gasteiger partial charge >= 0.3 is 0 Å². The molecule has 2 aromatic heterocycles. The van der Waals surface area contributed by atoms with Gasteiger partial charge in [-0.1, -0.05) is 30.7 Å². The maximum absolute atomic E-state index is 13.0. The Labute approximate surface area is 178 Å². The van der Waals surface area contributed by atoms with Gasteiger partial charge in [-0.05, 0) is 37.1 Å². The van der Waals surface area contributed by atoms with E-state index in [2.05, 4.69) is 25.5 Å². The van der Waals surface area contributed by atoms with E-state index < -0.39 is 0 Å². The second-order valence-electron chi connectivity index (χ2n) is 6.57. The van der Waals surface area contributed by atoms with E-state index in [9.17, 15) is 9.18 Å². The van der Waals surface area contributed by atoms with Crippen molar-refractivity contribution in [2.75, 3.05) is 18.9 Å². The zero-order chi connectivity index (χ0) is 21.0. The number of unbranched alkanes of at least 4 members (excludes halogenated alkanes) is 3. The number of nitrogens with one attached hydrogen (secondary N) is 2. The highest BCUT2D eigenvalue weighted by atomic mass is 32.2. The predicted octanol–water partition coefficient (Wildman–Crippen LogP) is 3.85. The molecule has 0 aliphatic heterocycles. The predicted molar refractivity (Wildman–Crippen MR) is 114 cm³/mol. The van der Waals surface area contributed by atoms with E-state index in [0.29, 0.717) is 29.9 Å². The minimum absolute atomic E-state index is 0.0397. The Morgan fingerprint density at radius 2 is 2.07 bits per heavy atom. The quantitative estimate of drug-likeness (QED) is 0.336. The molecule has 3 aromatic rings. The standard InChI is InChI=1S/C21H24FN5O2S/c22-17-8-5-9-18(13-17)29-12-4-2-1-3-11-24-19(28)15-30-21-25-20(26-27-21)16-7-6-10-23-14-16/h5-10,13-14H,1-4,11-12,15H2,(H,24,28)(H,25,26,27). The van der Waals surface area contributed by atoms with E-state index >= 15 is 0 Å². The summed E-state index contributed by atoms with van der Waals surface area (Å²) < 4.78 is 18.5. The molecule has 0 atom stereocenters. The number of rotatable bonds is 12. The van der Waals surface area contributed by atoms with Crippen molar-refractivity contribution < 1.29 is 13.9 Å². The first kappa shape index (κ1) is 21.8. The van der Waals surface area contributed by atoms with E-state index in [4.69, 9.17) is 4.74 Å². The lowest BCUT2D eigenvalue weighted by molar-refractivity contribution is -0.118. The lowest BCUT2D eigenvalue weighted by Crippen LogP contribution is -2.26. The number of ether oxygens (including phenoxy) is 1. The highest BCUT2D eigenvalue weighted by Crippen LogP contribution is 2.18. The molecule has 158 valence electrons. The first-order valence-electron chi connectivity index (χ1n) is 9.81. The number of carbonyl (C=O) groups is 1. The van der Waals surface area contributed by atoms with Gasteiger partial charge in [0.1, 0.15) is 11.6 Å². The maximum Gasteiger partial charge on any atom is 0.230 e. The summed E-state index contributed by atoms with van der Waals surface area (Å²) in [6.45, 7) is 1.20. The third-order valence-electron chi connectivity index (χ3n) is 4.19. The number of aromatic nitrogens is 4. The van der Waals surface area contributed by atoms with Crippen molar-refractivity contribution in [3.8, 4) is 17.1 Å². The number of halogens is 1. The molecule has 30 heavy (non-hydrogen) atoms. The minimum Gasteiger partial charge on any atom is -0.493 e. The van der Waals surface area contributed by atoms with Crippen molar-refractivity contribution in [3.63, 3.8) is 0 Å². The number of amides is 1. The van der Waals surface area contributed by atoms with Crippen LogP contribution in [0, 0.1) is 5.82 Å². The smallest absolute Gasteiger partial charge is 0.230 e. The molecule has 7 nitrogen and oxygen atoms in total. The Bertz CT molecular complexity index is 923. The number of nitrogens with zero attached hydrogens (tertiary/aromatic N) is 3. The van der Waals surface area contributed by atoms with Crippen LogP contribution in [-0.2, 0) is 4.79 Å². The number of benzene rings is 1. The van der Waals surface area contributed by atoms with Crippen LogP contribution < -0.4 is 10.1 Å². The normalized spacial score (nSPS) is 10.7. The number of thioether (sulfide) groups is 1. The first-order valence-corrected chi connectivity index (χ1v) is 10.8. The number of H-pyrrole nitrogens is 1. The van der Waals surface area contributed by atoms with Gasteiger partial charge in [-0.3, -0.25) is 14.9 Å². The Hall–Kier alpha value is -2.94. The van der Waals surface area contributed by atoms with Gasteiger partial charge in [-0.2, -0.15) is 0 Å². The molecule has 0 saturated carbocycles. The van der Waals surface area contributed by atoms with Gasteiger partial charge in [-0.25, -0.2) is 9.37 Å². The van der Waals surface area contributed by atoms with E-state index in [-0.39, 0.29) is 17.5 Å². The molecule has 9 heteroatoms. The molecule has 1 aromatic carbocycles. The fraction of sp³-hybridized carbons (Fsp3) is 0.333. The molecule has 0 unspecified atom stereocenters. The molecule has 0 fully saturated rings. The molecule has 0 bridgehead atoms. The van der Waals surface area contributed by atoms with E-state index in [1.165, 1.54) is 23.9 Å². The lowest BCUT2D eigenvalue weighted by atomic mass is 10.2. The third-order valence-corrected chi connectivity index (χ3v) is 5.04. The molecule has 0 saturated heterocycles. The fourth-order valence-electron chi connectivity index (χ4n) is 2.68. The molecule has 0 spiro atoms. The van der Waals surface area contributed by atoms with E-state index in [1.54, 1.807) is 24.5 Å².